The Morgan fingerprint density at radius 1 is 1.00 bits per heavy atom. The van der Waals surface area contributed by atoms with Crippen molar-refractivity contribution >= 4 is 0 Å². The summed E-state index contributed by atoms with van der Waals surface area (Å²) in [4.78, 5) is 0. The van der Waals surface area contributed by atoms with Gasteiger partial charge in [-0.2, -0.15) is 0 Å². The van der Waals surface area contributed by atoms with E-state index in [0.29, 0.717) is 6.10 Å². The van der Waals surface area contributed by atoms with Crippen molar-refractivity contribution in [3.05, 3.63) is 12.2 Å². The van der Waals surface area contributed by atoms with Crippen LogP contribution in [0.15, 0.2) is 12.2 Å². The molecule has 0 aromatic heterocycles. The molecule has 21 heavy (non-hydrogen) atoms. The van der Waals surface area contributed by atoms with Crippen molar-refractivity contribution < 1.29 is 9.47 Å². The molecule has 0 aromatic rings. The van der Waals surface area contributed by atoms with E-state index in [4.69, 9.17) is 9.47 Å². The van der Waals surface area contributed by atoms with Crippen LogP contribution >= 0.6 is 0 Å². The van der Waals surface area contributed by atoms with E-state index in [0.717, 1.165) is 13.0 Å². The number of rotatable bonds is 12. The van der Waals surface area contributed by atoms with E-state index in [1.54, 1.807) is 0 Å². The number of allylic oxidation sites excluding steroid dienone is 2. The van der Waals surface area contributed by atoms with Crippen molar-refractivity contribution in [1.82, 2.24) is 0 Å². The average Bonchev–Trinajstić information content (AvgIpc) is 2.51. The van der Waals surface area contributed by atoms with Gasteiger partial charge in [-0.05, 0) is 51.4 Å². The highest BCUT2D eigenvalue weighted by Crippen LogP contribution is 2.20. The van der Waals surface area contributed by atoms with Gasteiger partial charge in [0.15, 0.2) is 6.29 Å². The van der Waals surface area contributed by atoms with Gasteiger partial charge in [0.25, 0.3) is 0 Å². The van der Waals surface area contributed by atoms with Crippen LogP contribution in [0.25, 0.3) is 0 Å². The maximum atomic E-state index is 6.15. The summed E-state index contributed by atoms with van der Waals surface area (Å²) in [6, 6.07) is 0. The van der Waals surface area contributed by atoms with Gasteiger partial charge in [0.2, 0.25) is 0 Å². The molecular formula is C19H36O2. The highest BCUT2D eigenvalue weighted by molar-refractivity contribution is 4.81. The molecule has 2 atom stereocenters. The van der Waals surface area contributed by atoms with Gasteiger partial charge >= 0.3 is 0 Å². The fraction of sp³-hybridized carbons (Fsp3) is 0.895. The minimum absolute atomic E-state index is 0.0734. The second-order valence-electron chi connectivity index (χ2n) is 6.24. The Morgan fingerprint density at radius 2 is 1.81 bits per heavy atom. The summed E-state index contributed by atoms with van der Waals surface area (Å²) in [5.41, 5.74) is 0. The van der Waals surface area contributed by atoms with Crippen LogP contribution < -0.4 is 0 Å². The van der Waals surface area contributed by atoms with Crippen LogP contribution in [0.2, 0.25) is 0 Å². The third-order valence-electron chi connectivity index (χ3n) is 4.13. The maximum Gasteiger partial charge on any atom is 0.157 e. The quantitative estimate of drug-likeness (QED) is 0.324. The predicted molar refractivity (Wildman–Crippen MR) is 90.5 cm³/mol. The fourth-order valence-electron chi connectivity index (χ4n) is 2.83. The van der Waals surface area contributed by atoms with Gasteiger partial charge in [-0.3, -0.25) is 0 Å². The van der Waals surface area contributed by atoms with Gasteiger partial charge in [0.05, 0.1) is 6.10 Å². The lowest BCUT2D eigenvalue weighted by molar-refractivity contribution is -0.190. The van der Waals surface area contributed by atoms with Crippen molar-refractivity contribution in [3.8, 4) is 0 Å². The van der Waals surface area contributed by atoms with Crippen molar-refractivity contribution in [3.63, 3.8) is 0 Å². The highest BCUT2D eigenvalue weighted by atomic mass is 16.7. The molecule has 0 aliphatic carbocycles. The van der Waals surface area contributed by atoms with Gasteiger partial charge in [0.1, 0.15) is 0 Å². The molecule has 0 amide bonds. The lowest BCUT2D eigenvalue weighted by Crippen LogP contribution is -2.28. The van der Waals surface area contributed by atoms with Gasteiger partial charge in [-0.15, -0.1) is 0 Å². The van der Waals surface area contributed by atoms with Crippen molar-refractivity contribution in [2.24, 2.45) is 0 Å². The van der Waals surface area contributed by atoms with E-state index in [1.165, 1.54) is 70.6 Å². The zero-order valence-electron chi connectivity index (χ0n) is 14.3. The number of hydrogen-bond acceptors (Lipinski definition) is 2. The third kappa shape index (κ3) is 10.1. The molecule has 1 saturated heterocycles. The molecule has 2 unspecified atom stereocenters. The Morgan fingerprint density at radius 3 is 2.48 bits per heavy atom. The van der Waals surface area contributed by atoms with Crippen molar-refractivity contribution in [1.29, 1.82) is 0 Å². The normalized spacial score (nSPS) is 21.0. The fourth-order valence-corrected chi connectivity index (χ4v) is 2.83. The molecule has 1 aliphatic rings. The van der Waals surface area contributed by atoms with Crippen LogP contribution in [-0.4, -0.2) is 19.0 Å². The summed E-state index contributed by atoms with van der Waals surface area (Å²) in [6.07, 6.45) is 19.9. The molecule has 0 radical (unpaired) electrons. The minimum atomic E-state index is 0.0734. The molecule has 0 N–H and O–H groups in total. The smallest absolute Gasteiger partial charge is 0.157 e. The lowest BCUT2D eigenvalue weighted by atomic mass is 10.1. The summed E-state index contributed by atoms with van der Waals surface area (Å²) in [5, 5.41) is 0. The topological polar surface area (TPSA) is 18.5 Å². The molecule has 0 aromatic carbocycles. The second-order valence-corrected chi connectivity index (χ2v) is 6.24. The van der Waals surface area contributed by atoms with E-state index in [-0.39, 0.29) is 6.29 Å². The molecule has 2 nitrogen and oxygen atoms in total. The van der Waals surface area contributed by atoms with Gasteiger partial charge in [0, 0.05) is 6.61 Å². The third-order valence-corrected chi connectivity index (χ3v) is 4.13. The standard InChI is InChI=1S/C19H36O2/c1-3-5-6-7-8-9-10-11-15-18(14-4-2)21-19-16-12-13-17-20-19/h7-8,18-19H,3-6,9-17H2,1-2H3/b8-7-. The summed E-state index contributed by atoms with van der Waals surface area (Å²) >= 11 is 0. The molecular weight excluding hydrogens is 260 g/mol. The molecule has 2 heteroatoms. The average molecular weight is 296 g/mol. The largest absolute Gasteiger partial charge is 0.353 e. The molecule has 1 rings (SSSR count). The van der Waals surface area contributed by atoms with E-state index in [2.05, 4.69) is 26.0 Å². The molecule has 0 bridgehead atoms. The zero-order valence-corrected chi connectivity index (χ0v) is 14.3. The van der Waals surface area contributed by atoms with Crippen LogP contribution in [0, 0.1) is 0 Å². The Labute approximate surface area is 132 Å². The molecule has 1 heterocycles. The molecule has 124 valence electrons. The first-order valence-corrected chi connectivity index (χ1v) is 9.28. The summed E-state index contributed by atoms with van der Waals surface area (Å²) in [7, 11) is 0. The van der Waals surface area contributed by atoms with E-state index < -0.39 is 0 Å². The molecule has 1 aliphatic heterocycles. The van der Waals surface area contributed by atoms with Crippen molar-refractivity contribution in [2.75, 3.05) is 6.61 Å². The number of ether oxygens (including phenoxy) is 2. The maximum absolute atomic E-state index is 6.15. The second kappa shape index (κ2) is 13.3. The lowest BCUT2D eigenvalue weighted by Gasteiger charge is -2.27. The van der Waals surface area contributed by atoms with Crippen LogP contribution in [0.3, 0.4) is 0 Å². The summed E-state index contributed by atoms with van der Waals surface area (Å²) in [6.45, 7) is 5.37. The van der Waals surface area contributed by atoms with Crippen LogP contribution in [0.5, 0.6) is 0 Å². The first-order chi connectivity index (χ1) is 10.4. The SMILES string of the molecule is CCCC/C=C\CCCCC(CCC)OC1CCCCO1. The van der Waals surface area contributed by atoms with E-state index >= 15 is 0 Å². The first-order valence-electron chi connectivity index (χ1n) is 9.28. The zero-order chi connectivity index (χ0) is 15.2. The Bertz CT molecular complexity index is 244. The van der Waals surface area contributed by atoms with Gasteiger partial charge in [-0.1, -0.05) is 51.7 Å². The Balaban J connectivity index is 2.08. The van der Waals surface area contributed by atoms with Crippen LogP contribution in [0.4, 0.5) is 0 Å². The number of hydrogen-bond donors (Lipinski definition) is 0. The summed E-state index contributed by atoms with van der Waals surface area (Å²) < 4.78 is 11.9. The Kier molecular flexibility index (Phi) is 11.9. The first kappa shape index (κ1) is 18.7. The van der Waals surface area contributed by atoms with Crippen LogP contribution in [0.1, 0.15) is 90.9 Å². The monoisotopic (exact) mass is 296 g/mol. The highest BCUT2D eigenvalue weighted by Gasteiger charge is 2.18. The van der Waals surface area contributed by atoms with E-state index in [1.807, 2.05) is 0 Å². The Hall–Kier alpha value is -0.340. The van der Waals surface area contributed by atoms with Gasteiger partial charge < -0.3 is 9.47 Å². The van der Waals surface area contributed by atoms with E-state index in [9.17, 15) is 0 Å². The van der Waals surface area contributed by atoms with Gasteiger partial charge in [-0.25, -0.2) is 0 Å². The molecule has 1 fully saturated rings. The predicted octanol–water partition coefficient (Wildman–Crippen LogP) is 6.01. The molecule has 0 spiro atoms. The van der Waals surface area contributed by atoms with Crippen LogP contribution in [-0.2, 0) is 9.47 Å². The molecule has 0 saturated carbocycles. The number of unbranched alkanes of at least 4 members (excludes halogenated alkanes) is 4. The minimum Gasteiger partial charge on any atom is -0.353 e. The van der Waals surface area contributed by atoms with Crippen molar-refractivity contribution in [2.45, 2.75) is 103 Å². The summed E-state index contributed by atoms with van der Waals surface area (Å²) in [5.74, 6) is 0.